The first kappa shape index (κ1) is 22.7. The van der Waals surface area contributed by atoms with E-state index in [-0.39, 0.29) is 12.2 Å². The maximum absolute atomic E-state index is 13.6. The Balaban J connectivity index is 1.95. The second-order valence-corrected chi connectivity index (χ2v) is 9.14. The molecule has 2 aromatic heterocycles. The molecule has 0 radical (unpaired) electrons. The van der Waals surface area contributed by atoms with Crippen molar-refractivity contribution in [3.8, 4) is 0 Å². The first-order valence-electron chi connectivity index (χ1n) is 10.7. The van der Waals surface area contributed by atoms with E-state index in [1.54, 1.807) is 23.1 Å². The molecule has 1 aliphatic rings. The number of benzene rings is 1. The average molecular weight is 466 g/mol. The number of hydrogen-bond acceptors (Lipinski definition) is 7. The number of ether oxygens (including phenoxy) is 1. The zero-order valence-corrected chi connectivity index (χ0v) is 20.4. The molecule has 0 unspecified atom stereocenters. The van der Waals surface area contributed by atoms with Crippen LogP contribution in [-0.2, 0) is 16.6 Å². The number of fused-ring (bicyclic) bond motifs is 1. The molecule has 0 fully saturated rings. The van der Waals surface area contributed by atoms with Crippen molar-refractivity contribution >= 4 is 29.1 Å². The number of carbonyl (C=O) groups excluding carboxylic acids is 1. The molecule has 1 atom stereocenters. The number of anilines is 1. The normalized spacial score (nSPS) is 15.9. The van der Waals surface area contributed by atoms with Gasteiger partial charge in [-0.05, 0) is 44.5 Å². The van der Waals surface area contributed by atoms with Gasteiger partial charge in [0.25, 0.3) is 5.56 Å². The fraction of sp³-hybridized carbons (Fsp3) is 0.333. The molecule has 0 saturated heterocycles. The van der Waals surface area contributed by atoms with Crippen molar-refractivity contribution in [1.82, 2.24) is 14.3 Å². The van der Waals surface area contributed by atoms with Gasteiger partial charge in [0, 0.05) is 38.6 Å². The van der Waals surface area contributed by atoms with Crippen molar-refractivity contribution in [2.75, 3.05) is 25.6 Å². The van der Waals surface area contributed by atoms with Gasteiger partial charge in [0.1, 0.15) is 0 Å². The number of nitrogens with zero attached hydrogens (tertiary/aromatic N) is 5. The summed E-state index contributed by atoms with van der Waals surface area (Å²) in [6, 6.07) is 7.22. The molecule has 4 rings (SSSR count). The maximum Gasteiger partial charge on any atom is 0.338 e. The van der Waals surface area contributed by atoms with Crippen LogP contribution in [0.2, 0.25) is 0 Å². The molecule has 0 bridgehead atoms. The second kappa shape index (κ2) is 8.82. The van der Waals surface area contributed by atoms with Gasteiger partial charge in [-0.1, -0.05) is 23.5 Å². The summed E-state index contributed by atoms with van der Waals surface area (Å²) in [5.41, 5.74) is 4.29. The largest absolute Gasteiger partial charge is 0.463 e. The monoisotopic (exact) mass is 465 g/mol. The van der Waals surface area contributed by atoms with Gasteiger partial charge in [-0.2, -0.15) is 5.10 Å². The minimum Gasteiger partial charge on any atom is -0.463 e. The van der Waals surface area contributed by atoms with Crippen molar-refractivity contribution in [2.24, 2.45) is 12.0 Å². The predicted octanol–water partition coefficient (Wildman–Crippen LogP) is 1.91. The molecule has 1 aliphatic heterocycles. The lowest BCUT2D eigenvalue weighted by atomic mass is 9.95. The Morgan fingerprint density at radius 3 is 2.52 bits per heavy atom. The molecule has 0 amide bonds. The summed E-state index contributed by atoms with van der Waals surface area (Å²) in [7, 11) is 5.78. The van der Waals surface area contributed by atoms with E-state index in [0.29, 0.717) is 20.6 Å². The molecule has 3 heterocycles. The molecular weight excluding hydrogens is 438 g/mol. The van der Waals surface area contributed by atoms with Crippen LogP contribution < -0.4 is 19.8 Å². The van der Waals surface area contributed by atoms with Gasteiger partial charge in [0.05, 0.1) is 34.1 Å². The van der Waals surface area contributed by atoms with Gasteiger partial charge in [-0.3, -0.25) is 14.0 Å². The van der Waals surface area contributed by atoms with Crippen molar-refractivity contribution in [2.45, 2.75) is 26.8 Å². The lowest BCUT2D eigenvalue weighted by Gasteiger charge is -2.25. The Kier molecular flexibility index (Phi) is 6.07. The lowest BCUT2D eigenvalue weighted by Crippen LogP contribution is -2.40. The Hall–Kier alpha value is -3.46. The van der Waals surface area contributed by atoms with Crippen LogP contribution in [0, 0.1) is 6.92 Å². The third kappa shape index (κ3) is 4.16. The van der Waals surface area contributed by atoms with Crippen LogP contribution in [0.25, 0.3) is 6.08 Å². The van der Waals surface area contributed by atoms with Crippen LogP contribution in [0.1, 0.15) is 36.7 Å². The molecule has 0 N–H and O–H groups in total. The number of rotatable bonds is 5. The minimum atomic E-state index is -0.617. The number of allylic oxidation sites excluding steroid dienone is 1. The second-order valence-electron chi connectivity index (χ2n) is 8.13. The van der Waals surface area contributed by atoms with Crippen molar-refractivity contribution < 1.29 is 9.53 Å². The molecule has 172 valence electrons. The van der Waals surface area contributed by atoms with Crippen LogP contribution >= 0.6 is 11.3 Å². The summed E-state index contributed by atoms with van der Waals surface area (Å²) in [5.74, 6) is -0.460. The van der Waals surface area contributed by atoms with Crippen LogP contribution in [-0.4, -0.2) is 41.0 Å². The maximum atomic E-state index is 13.6. The van der Waals surface area contributed by atoms with Crippen LogP contribution in [0.3, 0.4) is 0 Å². The van der Waals surface area contributed by atoms with E-state index in [1.165, 1.54) is 11.3 Å². The summed E-state index contributed by atoms with van der Waals surface area (Å²) in [6.45, 7) is 5.70. The molecular formula is C24H27N5O3S. The third-order valence-corrected chi connectivity index (χ3v) is 6.56. The first-order valence-corrected chi connectivity index (χ1v) is 11.5. The van der Waals surface area contributed by atoms with E-state index in [2.05, 4.69) is 10.1 Å². The Morgan fingerprint density at radius 2 is 1.94 bits per heavy atom. The standard InChI is InChI=1S/C24H27N5O3S/c1-7-32-23(31)20-15(3)25-24-29(21(20)16-8-10-18(11-9-16)27(4)5)22(30)19(33-24)12-17-13-28(6)26-14(17)2/h8-13,21H,7H2,1-6H3/b19-12+/t21-/m0/s1. The van der Waals surface area contributed by atoms with Gasteiger partial charge >= 0.3 is 5.97 Å². The minimum absolute atomic E-state index is 0.196. The van der Waals surface area contributed by atoms with Crippen LogP contribution in [0.15, 0.2) is 51.5 Å². The highest BCUT2D eigenvalue weighted by Crippen LogP contribution is 2.31. The van der Waals surface area contributed by atoms with Gasteiger partial charge in [0.15, 0.2) is 4.80 Å². The molecule has 9 heteroatoms. The van der Waals surface area contributed by atoms with Gasteiger partial charge < -0.3 is 9.64 Å². The Bertz CT molecular complexity index is 1420. The summed E-state index contributed by atoms with van der Waals surface area (Å²) in [6.07, 6.45) is 3.71. The van der Waals surface area contributed by atoms with Crippen LogP contribution in [0.5, 0.6) is 0 Å². The van der Waals surface area contributed by atoms with E-state index in [1.807, 2.05) is 69.5 Å². The van der Waals surface area contributed by atoms with Gasteiger partial charge in [-0.25, -0.2) is 9.79 Å². The molecule has 0 saturated carbocycles. The summed E-state index contributed by atoms with van der Waals surface area (Å²) >= 11 is 1.31. The van der Waals surface area contributed by atoms with E-state index >= 15 is 0 Å². The van der Waals surface area contributed by atoms with E-state index in [4.69, 9.17) is 4.74 Å². The molecule has 8 nitrogen and oxygen atoms in total. The predicted molar refractivity (Wildman–Crippen MR) is 129 cm³/mol. The molecule has 33 heavy (non-hydrogen) atoms. The number of hydrogen-bond donors (Lipinski definition) is 0. The first-order chi connectivity index (χ1) is 15.7. The number of aromatic nitrogens is 3. The quantitative estimate of drug-likeness (QED) is 0.538. The van der Waals surface area contributed by atoms with Crippen molar-refractivity contribution in [1.29, 1.82) is 0 Å². The fourth-order valence-corrected chi connectivity index (χ4v) is 5.00. The molecule has 0 aliphatic carbocycles. The molecule has 0 spiro atoms. The topological polar surface area (TPSA) is 81.7 Å². The SMILES string of the molecule is CCOC(=O)C1=C(C)N=c2s/c(=C/c3cn(C)nc3C)c(=O)n2[C@H]1c1ccc(N(C)C)cc1. The summed E-state index contributed by atoms with van der Waals surface area (Å²) in [5, 5.41) is 4.36. The van der Waals surface area contributed by atoms with Crippen LogP contribution in [0.4, 0.5) is 5.69 Å². The summed E-state index contributed by atoms with van der Waals surface area (Å²) < 4.78 is 9.21. The Morgan fingerprint density at radius 1 is 1.24 bits per heavy atom. The van der Waals surface area contributed by atoms with E-state index in [9.17, 15) is 9.59 Å². The smallest absolute Gasteiger partial charge is 0.338 e. The highest BCUT2D eigenvalue weighted by Gasteiger charge is 2.33. The van der Waals surface area contributed by atoms with Gasteiger partial charge in [0.2, 0.25) is 0 Å². The number of aryl methyl sites for hydroxylation is 2. The number of thiazole rings is 1. The summed E-state index contributed by atoms with van der Waals surface area (Å²) in [4.78, 5) is 33.7. The van der Waals surface area contributed by atoms with E-state index in [0.717, 1.165) is 22.5 Å². The van der Waals surface area contributed by atoms with Crippen molar-refractivity contribution in [3.63, 3.8) is 0 Å². The van der Waals surface area contributed by atoms with Crippen molar-refractivity contribution in [3.05, 3.63) is 78.2 Å². The highest BCUT2D eigenvalue weighted by molar-refractivity contribution is 7.07. The fourth-order valence-electron chi connectivity index (χ4n) is 3.96. The number of carbonyl (C=O) groups is 1. The Labute approximate surface area is 195 Å². The zero-order valence-electron chi connectivity index (χ0n) is 19.6. The lowest BCUT2D eigenvalue weighted by molar-refractivity contribution is -0.139. The van der Waals surface area contributed by atoms with Gasteiger partial charge in [-0.15, -0.1) is 0 Å². The molecule has 1 aromatic carbocycles. The zero-order chi connectivity index (χ0) is 23.9. The average Bonchev–Trinajstić information content (AvgIpc) is 3.24. The highest BCUT2D eigenvalue weighted by atomic mass is 32.1. The third-order valence-electron chi connectivity index (χ3n) is 5.58. The number of esters is 1. The molecule has 3 aromatic rings. The van der Waals surface area contributed by atoms with E-state index < -0.39 is 12.0 Å².